The van der Waals surface area contributed by atoms with Crippen molar-refractivity contribution >= 4 is 40.6 Å². The Labute approximate surface area is 202 Å². The highest BCUT2D eigenvalue weighted by atomic mass is 32.1. The maximum Gasteiger partial charge on any atom is 0.332 e. The van der Waals surface area contributed by atoms with Gasteiger partial charge in [-0.1, -0.05) is 30.7 Å². The van der Waals surface area contributed by atoms with Crippen molar-refractivity contribution in [2.24, 2.45) is 0 Å². The van der Waals surface area contributed by atoms with E-state index in [-0.39, 0.29) is 18.9 Å². The van der Waals surface area contributed by atoms with E-state index in [4.69, 9.17) is 4.74 Å². The Bertz CT molecular complexity index is 1140. The lowest BCUT2D eigenvalue weighted by atomic mass is 10.1. The molecule has 2 aromatic carbocycles. The number of urea groups is 1. The summed E-state index contributed by atoms with van der Waals surface area (Å²) in [5, 5.41) is 4.75. The molecular formula is C26H27N3O4S. The number of nitrogens with one attached hydrogen (secondary N) is 1. The molecule has 1 aromatic heterocycles. The fourth-order valence-electron chi connectivity index (χ4n) is 3.76. The van der Waals surface area contributed by atoms with E-state index < -0.39 is 18.0 Å². The Morgan fingerprint density at radius 1 is 1.06 bits per heavy atom. The Morgan fingerprint density at radius 3 is 2.44 bits per heavy atom. The minimum absolute atomic E-state index is 0.133. The standard InChI is InChI=1S/C26H27N3O4S/c1-3-14-33-21-12-8-19(9-13-21)27-24(30)16-23-25(31)29(20-10-6-18(2)7-11-20)26(32)28(23)17-22-5-4-15-34-22/h4-13,15,23H,3,14,16-17H2,1-2H3,(H,27,30)/t23-/m0/s1. The van der Waals surface area contributed by atoms with E-state index in [1.807, 2.05) is 43.5 Å². The van der Waals surface area contributed by atoms with Gasteiger partial charge >= 0.3 is 6.03 Å². The molecule has 0 spiro atoms. The van der Waals surface area contributed by atoms with Gasteiger partial charge in [-0.2, -0.15) is 0 Å². The zero-order valence-electron chi connectivity index (χ0n) is 19.2. The number of amides is 4. The number of rotatable bonds is 9. The molecule has 4 amide bonds. The first-order chi connectivity index (χ1) is 16.5. The van der Waals surface area contributed by atoms with Crippen LogP contribution >= 0.6 is 11.3 Å². The molecule has 0 radical (unpaired) electrons. The average Bonchev–Trinajstić information content (AvgIpc) is 3.42. The van der Waals surface area contributed by atoms with Crippen molar-refractivity contribution in [2.75, 3.05) is 16.8 Å². The number of nitrogens with zero attached hydrogens (tertiary/aromatic N) is 2. The molecule has 0 aliphatic carbocycles. The van der Waals surface area contributed by atoms with Gasteiger partial charge in [0.25, 0.3) is 5.91 Å². The Hall–Kier alpha value is -3.65. The molecule has 1 fully saturated rings. The number of anilines is 2. The molecule has 0 bridgehead atoms. The Balaban J connectivity index is 1.51. The molecule has 176 valence electrons. The molecule has 7 nitrogen and oxygen atoms in total. The first-order valence-electron chi connectivity index (χ1n) is 11.2. The largest absolute Gasteiger partial charge is 0.494 e. The SMILES string of the molecule is CCCOc1ccc(NC(=O)C[C@H]2C(=O)N(c3ccc(C)cc3)C(=O)N2Cc2cccs2)cc1. The summed E-state index contributed by atoms with van der Waals surface area (Å²) in [6.45, 7) is 4.87. The highest BCUT2D eigenvalue weighted by Gasteiger charge is 2.46. The highest BCUT2D eigenvalue weighted by molar-refractivity contribution is 7.09. The summed E-state index contributed by atoms with van der Waals surface area (Å²) in [6.07, 6.45) is 0.778. The number of thiophene rings is 1. The van der Waals surface area contributed by atoms with Crippen LogP contribution in [0.25, 0.3) is 0 Å². The van der Waals surface area contributed by atoms with Crippen molar-refractivity contribution in [1.29, 1.82) is 0 Å². The van der Waals surface area contributed by atoms with Gasteiger partial charge in [-0.15, -0.1) is 11.3 Å². The van der Waals surface area contributed by atoms with Crippen LogP contribution in [-0.2, 0) is 16.1 Å². The van der Waals surface area contributed by atoms with Crippen molar-refractivity contribution in [3.8, 4) is 5.75 Å². The number of ether oxygens (including phenoxy) is 1. The number of carbonyl (C=O) groups excluding carboxylic acids is 3. The maximum absolute atomic E-state index is 13.3. The predicted octanol–water partition coefficient (Wildman–Crippen LogP) is 5.21. The summed E-state index contributed by atoms with van der Waals surface area (Å²) in [4.78, 5) is 43.1. The van der Waals surface area contributed by atoms with Gasteiger partial charge < -0.3 is 15.0 Å². The van der Waals surface area contributed by atoms with E-state index in [2.05, 4.69) is 5.32 Å². The topological polar surface area (TPSA) is 79.0 Å². The summed E-state index contributed by atoms with van der Waals surface area (Å²) in [7, 11) is 0. The number of hydrogen-bond acceptors (Lipinski definition) is 5. The van der Waals surface area contributed by atoms with Crippen molar-refractivity contribution in [2.45, 2.75) is 39.3 Å². The molecule has 0 unspecified atom stereocenters. The number of benzene rings is 2. The third kappa shape index (κ3) is 5.28. The number of carbonyl (C=O) groups is 3. The van der Waals surface area contributed by atoms with E-state index in [0.29, 0.717) is 18.0 Å². The van der Waals surface area contributed by atoms with Crippen LogP contribution in [0.4, 0.5) is 16.2 Å². The van der Waals surface area contributed by atoms with Crippen LogP contribution in [0.15, 0.2) is 66.0 Å². The van der Waals surface area contributed by atoms with Crippen LogP contribution in [-0.4, -0.2) is 35.4 Å². The molecule has 1 atom stereocenters. The van der Waals surface area contributed by atoms with Gasteiger partial charge in [0.15, 0.2) is 0 Å². The molecule has 8 heteroatoms. The van der Waals surface area contributed by atoms with E-state index in [9.17, 15) is 14.4 Å². The van der Waals surface area contributed by atoms with E-state index in [0.717, 1.165) is 22.6 Å². The third-order valence-corrected chi connectivity index (χ3v) is 6.37. The van der Waals surface area contributed by atoms with Crippen LogP contribution in [0.1, 0.15) is 30.2 Å². The van der Waals surface area contributed by atoms with Crippen LogP contribution in [0, 0.1) is 6.92 Å². The molecule has 34 heavy (non-hydrogen) atoms. The van der Waals surface area contributed by atoms with Gasteiger partial charge in [0, 0.05) is 10.6 Å². The zero-order valence-corrected chi connectivity index (χ0v) is 20.0. The normalized spacial score (nSPS) is 15.6. The molecule has 0 saturated carbocycles. The minimum atomic E-state index is -0.886. The molecule has 3 aromatic rings. The molecule has 2 heterocycles. The third-order valence-electron chi connectivity index (χ3n) is 5.51. The fourth-order valence-corrected chi connectivity index (χ4v) is 4.46. The Kier molecular flexibility index (Phi) is 7.27. The van der Waals surface area contributed by atoms with Crippen LogP contribution in [0.2, 0.25) is 0 Å². The molecule has 4 rings (SSSR count). The van der Waals surface area contributed by atoms with Crippen molar-refractivity contribution < 1.29 is 19.1 Å². The van der Waals surface area contributed by atoms with Crippen molar-refractivity contribution in [3.05, 3.63) is 76.5 Å². The predicted molar refractivity (Wildman–Crippen MR) is 133 cm³/mol. The van der Waals surface area contributed by atoms with Gasteiger partial charge in [-0.3, -0.25) is 9.59 Å². The number of hydrogen-bond donors (Lipinski definition) is 1. The van der Waals surface area contributed by atoms with Crippen LogP contribution in [0.3, 0.4) is 0 Å². The Morgan fingerprint density at radius 2 is 1.79 bits per heavy atom. The summed E-state index contributed by atoms with van der Waals surface area (Å²) in [5.41, 5.74) is 2.13. The van der Waals surface area contributed by atoms with E-state index in [1.165, 1.54) is 21.1 Å². The summed E-state index contributed by atoms with van der Waals surface area (Å²) >= 11 is 1.51. The molecular weight excluding hydrogens is 450 g/mol. The second-order valence-electron chi connectivity index (χ2n) is 8.14. The van der Waals surface area contributed by atoms with Gasteiger partial charge in [0.2, 0.25) is 5.91 Å². The highest BCUT2D eigenvalue weighted by Crippen LogP contribution is 2.29. The number of aryl methyl sites for hydroxylation is 1. The van der Waals surface area contributed by atoms with Gasteiger partial charge in [0.1, 0.15) is 11.8 Å². The van der Waals surface area contributed by atoms with E-state index >= 15 is 0 Å². The van der Waals surface area contributed by atoms with Crippen LogP contribution in [0.5, 0.6) is 5.75 Å². The fraction of sp³-hybridized carbons (Fsp3) is 0.269. The zero-order chi connectivity index (χ0) is 24.1. The lowest BCUT2D eigenvalue weighted by Gasteiger charge is -2.21. The summed E-state index contributed by atoms with van der Waals surface area (Å²) in [5.74, 6) is -0.00790. The minimum Gasteiger partial charge on any atom is -0.494 e. The second-order valence-corrected chi connectivity index (χ2v) is 9.17. The quantitative estimate of drug-likeness (QED) is 0.429. The van der Waals surface area contributed by atoms with Crippen molar-refractivity contribution in [1.82, 2.24) is 4.90 Å². The van der Waals surface area contributed by atoms with Crippen LogP contribution < -0.4 is 15.0 Å². The lowest BCUT2D eigenvalue weighted by Crippen LogP contribution is -2.37. The van der Waals surface area contributed by atoms with E-state index in [1.54, 1.807) is 36.4 Å². The van der Waals surface area contributed by atoms with Gasteiger partial charge in [-0.05, 0) is 61.2 Å². The average molecular weight is 478 g/mol. The molecule has 1 aliphatic rings. The molecule has 1 aliphatic heterocycles. The van der Waals surface area contributed by atoms with Gasteiger partial charge in [0.05, 0.1) is 25.3 Å². The lowest BCUT2D eigenvalue weighted by molar-refractivity contribution is -0.124. The smallest absolute Gasteiger partial charge is 0.332 e. The molecule has 1 N–H and O–H groups in total. The summed E-state index contributed by atoms with van der Waals surface area (Å²) < 4.78 is 5.57. The first-order valence-corrected chi connectivity index (χ1v) is 12.1. The number of imide groups is 1. The second kappa shape index (κ2) is 10.5. The summed E-state index contributed by atoms with van der Waals surface area (Å²) in [6, 6.07) is 16.8. The van der Waals surface area contributed by atoms with Gasteiger partial charge in [-0.25, -0.2) is 9.69 Å². The monoisotopic (exact) mass is 477 g/mol. The maximum atomic E-state index is 13.3. The first kappa shape index (κ1) is 23.5. The van der Waals surface area contributed by atoms with Crippen molar-refractivity contribution in [3.63, 3.8) is 0 Å². The molecule has 1 saturated heterocycles.